The second kappa shape index (κ2) is 5.12. The van der Waals surface area contributed by atoms with Crippen molar-refractivity contribution in [3.8, 4) is 0 Å². The normalized spacial score (nSPS) is 10.9. The average molecular weight is 281 g/mol. The molecule has 4 rings (SSSR count). The zero-order valence-corrected chi connectivity index (χ0v) is 11.9. The molecule has 1 heteroatoms. The van der Waals surface area contributed by atoms with Crippen molar-refractivity contribution in [1.29, 1.82) is 0 Å². The number of ketones is 1. The van der Waals surface area contributed by atoms with Gasteiger partial charge in [0.25, 0.3) is 0 Å². The predicted octanol–water partition coefficient (Wildman–Crippen LogP) is 5.02. The summed E-state index contributed by atoms with van der Waals surface area (Å²) in [6, 6.07) is 28.7. The summed E-state index contributed by atoms with van der Waals surface area (Å²) in [6.07, 6.45) is 0. The number of benzene rings is 4. The van der Waals surface area contributed by atoms with Gasteiger partial charge in [-0.1, -0.05) is 66.7 Å². The monoisotopic (exact) mass is 281 g/mol. The summed E-state index contributed by atoms with van der Waals surface area (Å²) in [5.41, 5.74) is 1.33. The van der Waals surface area contributed by atoms with Crippen molar-refractivity contribution < 1.29 is 4.79 Å². The zero-order chi connectivity index (χ0) is 14.9. The van der Waals surface area contributed by atoms with Gasteiger partial charge >= 0.3 is 0 Å². The lowest BCUT2D eigenvalue weighted by Gasteiger charge is -2.08. The topological polar surface area (TPSA) is 17.1 Å². The van der Waals surface area contributed by atoms with Crippen LogP contribution < -0.4 is 0 Å². The summed E-state index contributed by atoms with van der Waals surface area (Å²) in [6.45, 7) is 0. The molecule has 1 radical (unpaired) electrons. The maximum atomic E-state index is 12.8. The summed E-state index contributed by atoms with van der Waals surface area (Å²) in [4.78, 5) is 12.8. The molecule has 0 spiro atoms. The molecule has 0 saturated carbocycles. The maximum Gasteiger partial charge on any atom is 0.194 e. The quantitative estimate of drug-likeness (QED) is 0.372. The Kier molecular flexibility index (Phi) is 2.97. The first kappa shape index (κ1) is 12.8. The molecule has 0 saturated heterocycles. The molecule has 22 heavy (non-hydrogen) atoms. The van der Waals surface area contributed by atoms with Crippen molar-refractivity contribution in [3.05, 3.63) is 96.1 Å². The molecule has 0 unspecified atom stereocenters. The van der Waals surface area contributed by atoms with Gasteiger partial charge in [0.05, 0.1) is 0 Å². The van der Waals surface area contributed by atoms with E-state index in [1.54, 1.807) is 6.07 Å². The molecule has 0 aliphatic rings. The van der Waals surface area contributed by atoms with Crippen molar-refractivity contribution in [3.63, 3.8) is 0 Å². The standard InChI is InChI=1S/C21H13O/c22-21(15-7-2-1-3-8-15)19-12-6-11-18-13-16-9-4-5-10-17(16)14-20(18)19/h1-7,9-14H. The highest BCUT2D eigenvalue weighted by Crippen LogP contribution is 2.26. The Morgan fingerprint density at radius 3 is 2.23 bits per heavy atom. The smallest absolute Gasteiger partial charge is 0.194 e. The Hall–Kier alpha value is -2.93. The maximum absolute atomic E-state index is 12.8. The summed E-state index contributed by atoms with van der Waals surface area (Å²) in [5.74, 6) is 0.0153. The molecule has 0 aliphatic carbocycles. The van der Waals surface area contributed by atoms with Gasteiger partial charge in [-0.25, -0.2) is 0 Å². The van der Waals surface area contributed by atoms with E-state index >= 15 is 0 Å². The molecule has 0 amide bonds. The first-order valence-electron chi connectivity index (χ1n) is 7.26. The van der Waals surface area contributed by atoms with E-state index in [9.17, 15) is 4.79 Å². The number of fused-ring (bicyclic) bond motifs is 2. The second-order valence-electron chi connectivity index (χ2n) is 5.33. The minimum Gasteiger partial charge on any atom is -0.289 e. The van der Waals surface area contributed by atoms with Gasteiger partial charge in [0, 0.05) is 11.1 Å². The van der Waals surface area contributed by atoms with Crippen LogP contribution in [0.1, 0.15) is 15.9 Å². The van der Waals surface area contributed by atoms with Gasteiger partial charge in [0.15, 0.2) is 5.78 Å². The Balaban J connectivity index is 1.98. The molecule has 0 heterocycles. The largest absolute Gasteiger partial charge is 0.289 e. The summed E-state index contributed by atoms with van der Waals surface area (Å²) < 4.78 is 0. The summed E-state index contributed by atoms with van der Waals surface area (Å²) >= 11 is 0. The molecular formula is C21H13O. The van der Waals surface area contributed by atoms with E-state index in [-0.39, 0.29) is 5.78 Å². The van der Waals surface area contributed by atoms with Crippen LogP contribution in [0.15, 0.2) is 78.9 Å². The number of rotatable bonds is 2. The highest BCUT2D eigenvalue weighted by molar-refractivity contribution is 6.17. The Morgan fingerprint density at radius 2 is 1.45 bits per heavy atom. The van der Waals surface area contributed by atoms with Gasteiger partial charge in [-0.3, -0.25) is 4.79 Å². The molecule has 0 N–H and O–H groups in total. The average Bonchev–Trinajstić information content (AvgIpc) is 2.59. The fourth-order valence-electron chi connectivity index (χ4n) is 2.84. The Morgan fingerprint density at radius 1 is 0.727 bits per heavy atom. The van der Waals surface area contributed by atoms with Crippen LogP contribution in [0.2, 0.25) is 0 Å². The molecule has 4 aromatic carbocycles. The van der Waals surface area contributed by atoms with Crippen molar-refractivity contribution in [1.82, 2.24) is 0 Å². The van der Waals surface area contributed by atoms with Gasteiger partial charge in [-0.05, 0) is 39.7 Å². The molecule has 0 aromatic heterocycles. The van der Waals surface area contributed by atoms with Crippen molar-refractivity contribution in [2.24, 2.45) is 0 Å². The highest BCUT2D eigenvalue weighted by Gasteiger charge is 2.12. The number of hydrogen-bond donors (Lipinski definition) is 0. The summed E-state index contributed by atoms with van der Waals surface area (Å²) in [7, 11) is 0. The van der Waals surface area contributed by atoms with E-state index in [1.807, 2.05) is 48.5 Å². The molecule has 0 atom stereocenters. The van der Waals surface area contributed by atoms with Crippen LogP contribution >= 0.6 is 0 Å². The number of carbonyl (C=O) groups is 1. The SMILES string of the molecule is O=C(c1[c]cccc1)c1cccc2cc3ccccc3cc12. The van der Waals surface area contributed by atoms with Gasteiger partial charge in [0.2, 0.25) is 0 Å². The Bertz CT molecular complexity index is 984. The fraction of sp³-hybridized carbons (Fsp3) is 0. The second-order valence-corrected chi connectivity index (χ2v) is 5.33. The van der Waals surface area contributed by atoms with Gasteiger partial charge in [0.1, 0.15) is 0 Å². The first-order chi connectivity index (χ1) is 10.8. The molecule has 1 nitrogen and oxygen atoms in total. The number of carbonyl (C=O) groups excluding carboxylic acids is 1. The third-order valence-electron chi connectivity index (χ3n) is 3.95. The minimum absolute atomic E-state index is 0.0153. The first-order valence-corrected chi connectivity index (χ1v) is 7.26. The molecule has 103 valence electrons. The third-order valence-corrected chi connectivity index (χ3v) is 3.95. The van der Waals surface area contributed by atoms with Crippen LogP contribution in [0.25, 0.3) is 21.5 Å². The van der Waals surface area contributed by atoms with E-state index in [1.165, 1.54) is 5.39 Å². The lowest BCUT2D eigenvalue weighted by Crippen LogP contribution is -2.02. The lowest BCUT2D eigenvalue weighted by molar-refractivity contribution is 0.104. The van der Waals surface area contributed by atoms with Gasteiger partial charge < -0.3 is 0 Å². The number of hydrogen-bond acceptors (Lipinski definition) is 1. The van der Waals surface area contributed by atoms with Crippen LogP contribution in [0.5, 0.6) is 0 Å². The van der Waals surface area contributed by atoms with E-state index < -0.39 is 0 Å². The van der Waals surface area contributed by atoms with Crippen LogP contribution in [0.4, 0.5) is 0 Å². The fourth-order valence-corrected chi connectivity index (χ4v) is 2.84. The molecule has 0 bridgehead atoms. The van der Waals surface area contributed by atoms with Crippen LogP contribution in [-0.2, 0) is 0 Å². The third kappa shape index (κ3) is 2.08. The van der Waals surface area contributed by atoms with Crippen molar-refractivity contribution >= 4 is 27.3 Å². The molecular weight excluding hydrogens is 268 g/mol. The lowest BCUT2D eigenvalue weighted by atomic mass is 9.95. The van der Waals surface area contributed by atoms with Crippen molar-refractivity contribution in [2.75, 3.05) is 0 Å². The van der Waals surface area contributed by atoms with E-state index in [4.69, 9.17) is 0 Å². The highest BCUT2D eigenvalue weighted by atomic mass is 16.1. The molecule has 0 aliphatic heterocycles. The van der Waals surface area contributed by atoms with Crippen LogP contribution in [0.3, 0.4) is 0 Å². The van der Waals surface area contributed by atoms with Crippen molar-refractivity contribution in [2.45, 2.75) is 0 Å². The molecule has 4 aromatic rings. The van der Waals surface area contributed by atoms with Crippen LogP contribution in [0, 0.1) is 6.07 Å². The predicted molar refractivity (Wildman–Crippen MR) is 90.2 cm³/mol. The zero-order valence-electron chi connectivity index (χ0n) is 11.9. The van der Waals surface area contributed by atoms with Crippen LogP contribution in [-0.4, -0.2) is 5.78 Å². The van der Waals surface area contributed by atoms with Gasteiger partial charge in [-0.2, -0.15) is 0 Å². The molecule has 0 fully saturated rings. The van der Waals surface area contributed by atoms with E-state index in [0.29, 0.717) is 5.56 Å². The van der Waals surface area contributed by atoms with Gasteiger partial charge in [-0.15, -0.1) is 0 Å². The Labute approximate surface area is 128 Å². The summed E-state index contributed by atoms with van der Waals surface area (Å²) in [5, 5.41) is 4.40. The van der Waals surface area contributed by atoms with E-state index in [0.717, 1.165) is 21.7 Å². The minimum atomic E-state index is 0.0153. The van der Waals surface area contributed by atoms with E-state index in [2.05, 4.69) is 30.3 Å².